The number of ketones is 1. The number of anilines is 1. The molecule has 98 valence electrons. The molecular formula is C14H20N2OS. The summed E-state index contributed by atoms with van der Waals surface area (Å²) < 4.78 is 0. The zero-order valence-electron chi connectivity index (χ0n) is 11.1. The third-order valence-electron chi connectivity index (χ3n) is 4.38. The van der Waals surface area contributed by atoms with Gasteiger partial charge in [0, 0.05) is 19.0 Å². The van der Waals surface area contributed by atoms with Crippen molar-refractivity contribution in [1.82, 2.24) is 4.98 Å². The van der Waals surface area contributed by atoms with Gasteiger partial charge in [-0.15, -0.1) is 0 Å². The number of rotatable bonds is 1. The molecule has 2 heterocycles. The molecule has 0 radical (unpaired) electrons. The highest BCUT2D eigenvalue weighted by Gasteiger charge is 2.29. The molecule has 1 aliphatic heterocycles. The topological polar surface area (TPSA) is 33.2 Å². The average molecular weight is 264 g/mol. The standard InChI is InChI=1S/C14H20N2OS/c1-9-5-4-8-16(10(9)2)14-15-11-6-3-7-12(17)13(11)18-14/h9-10H,3-8H2,1-2H3. The van der Waals surface area contributed by atoms with Crippen LogP contribution in [0.4, 0.5) is 5.13 Å². The van der Waals surface area contributed by atoms with Gasteiger partial charge in [-0.25, -0.2) is 4.98 Å². The lowest BCUT2D eigenvalue weighted by atomic mass is 9.92. The van der Waals surface area contributed by atoms with E-state index in [-0.39, 0.29) is 0 Å². The number of hydrogen-bond acceptors (Lipinski definition) is 4. The van der Waals surface area contributed by atoms with Crippen molar-refractivity contribution in [3.8, 4) is 0 Å². The van der Waals surface area contributed by atoms with E-state index in [1.165, 1.54) is 12.8 Å². The molecule has 4 heteroatoms. The van der Waals surface area contributed by atoms with E-state index in [1.54, 1.807) is 11.3 Å². The molecule has 1 aromatic heterocycles. The lowest BCUT2D eigenvalue weighted by molar-refractivity contribution is 0.0976. The molecule has 2 unspecified atom stereocenters. The van der Waals surface area contributed by atoms with Crippen LogP contribution in [0.15, 0.2) is 0 Å². The smallest absolute Gasteiger partial charge is 0.186 e. The van der Waals surface area contributed by atoms with Crippen molar-refractivity contribution in [3.05, 3.63) is 10.6 Å². The molecular weight excluding hydrogens is 244 g/mol. The summed E-state index contributed by atoms with van der Waals surface area (Å²) in [4.78, 5) is 20.0. The lowest BCUT2D eigenvalue weighted by Crippen LogP contribution is -2.42. The van der Waals surface area contributed by atoms with Gasteiger partial charge < -0.3 is 4.90 Å². The van der Waals surface area contributed by atoms with E-state index in [2.05, 4.69) is 18.7 Å². The third kappa shape index (κ3) is 1.96. The first-order valence-corrected chi connectivity index (χ1v) is 7.78. The van der Waals surface area contributed by atoms with Crippen molar-refractivity contribution in [3.63, 3.8) is 0 Å². The minimum Gasteiger partial charge on any atom is -0.345 e. The van der Waals surface area contributed by atoms with Gasteiger partial charge in [0.2, 0.25) is 0 Å². The van der Waals surface area contributed by atoms with Crippen LogP contribution in [0.25, 0.3) is 0 Å². The number of thiazole rings is 1. The molecule has 0 spiro atoms. The lowest BCUT2D eigenvalue weighted by Gasteiger charge is -2.37. The average Bonchev–Trinajstić information content (AvgIpc) is 2.78. The van der Waals surface area contributed by atoms with Crippen LogP contribution >= 0.6 is 11.3 Å². The molecule has 1 aliphatic carbocycles. The van der Waals surface area contributed by atoms with Crippen molar-refractivity contribution in [2.75, 3.05) is 11.4 Å². The molecule has 18 heavy (non-hydrogen) atoms. The van der Waals surface area contributed by atoms with E-state index < -0.39 is 0 Å². The maximum Gasteiger partial charge on any atom is 0.186 e. The van der Waals surface area contributed by atoms with Crippen LogP contribution in [0.3, 0.4) is 0 Å². The second-order valence-corrected chi connectivity index (χ2v) is 6.58. The summed E-state index contributed by atoms with van der Waals surface area (Å²) in [6, 6.07) is 0.543. The number of aryl methyl sites for hydroxylation is 1. The summed E-state index contributed by atoms with van der Waals surface area (Å²) in [5.74, 6) is 1.02. The first kappa shape index (κ1) is 12.2. The number of carbonyl (C=O) groups excluding carboxylic acids is 1. The number of piperidine rings is 1. The van der Waals surface area contributed by atoms with Crippen LogP contribution in [0.5, 0.6) is 0 Å². The van der Waals surface area contributed by atoms with E-state index in [0.717, 1.165) is 41.0 Å². The Kier molecular flexibility index (Phi) is 3.14. The molecule has 0 amide bonds. The Balaban J connectivity index is 1.90. The molecule has 3 nitrogen and oxygen atoms in total. The predicted molar refractivity (Wildman–Crippen MR) is 74.6 cm³/mol. The highest BCUT2D eigenvalue weighted by molar-refractivity contribution is 7.17. The minimum absolute atomic E-state index is 0.303. The SMILES string of the molecule is CC1CCCN(c2nc3c(s2)C(=O)CCC3)C1C. The normalized spacial score (nSPS) is 28.3. The second kappa shape index (κ2) is 4.65. The van der Waals surface area contributed by atoms with Crippen molar-refractivity contribution < 1.29 is 4.79 Å². The maximum absolute atomic E-state index is 11.9. The van der Waals surface area contributed by atoms with Gasteiger partial charge in [0.05, 0.1) is 10.6 Å². The quantitative estimate of drug-likeness (QED) is 0.780. The minimum atomic E-state index is 0.303. The number of hydrogen-bond donors (Lipinski definition) is 0. The Morgan fingerprint density at radius 3 is 2.89 bits per heavy atom. The van der Waals surface area contributed by atoms with Crippen LogP contribution < -0.4 is 4.90 Å². The number of aromatic nitrogens is 1. The largest absolute Gasteiger partial charge is 0.345 e. The Labute approximate surface area is 112 Å². The fourth-order valence-electron chi connectivity index (χ4n) is 2.98. The summed E-state index contributed by atoms with van der Waals surface area (Å²) in [5, 5.41) is 1.08. The third-order valence-corrected chi connectivity index (χ3v) is 5.55. The summed E-state index contributed by atoms with van der Waals surface area (Å²) in [5.41, 5.74) is 1.05. The molecule has 1 aromatic rings. The maximum atomic E-state index is 11.9. The number of Topliss-reactive ketones (excluding diaryl/α,β-unsaturated/α-hetero) is 1. The zero-order valence-corrected chi connectivity index (χ0v) is 11.9. The van der Waals surface area contributed by atoms with Crippen LogP contribution in [0.2, 0.25) is 0 Å². The Hall–Kier alpha value is -0.900. The monoisotopic (exact) mass is 264 g/mol. The molecule has 2 aliphatic rings. The van der Waals surface area contributed by atoms with E-state index in [0.29, 0.717) is 18.2 Å². The highest BCUT2D eigenvalue weighted by Crippen LogP contribution is 2.35. The van der Waals surface area contributed by atoms with E-state index >= 15 is 0 Å². The highest BCUT2D eigenvalue weighted by atomic mass is 32.1. The molecule has 0 aromatic carbocycles. The summed E-state index contributed by atoms with van der Waals surface area (Å²) >= 11 is 1.62. The molecule has 0 saturated carbocycles. The number of nitrogens with zero attached hydrogens (tertiary/aromatic N) is 2. The molecule has 0 bridgehead atoms. The van der Waals surface area contributed by atoms with Crippen molar-refractivity contribution in [1.29, 1.82) is 0 Å². The van der Waals surface area contributed by atoms with Gasteiger partial charge in [0.1, 0.15) is 0 Å². The first-order chi connectivity index (χ1) is 8.66. The van der Waals surface area contributed by atoms with Crippen LogP contribution in [0.1, 0.15) is 54.9 Å². The van der Waals surface area contributed by atoms with Gasteiger partial charge in [0.15, 0.2) is 10.9 Å². The molecule has 0 N–H and O–H groups in total. The van der Waals surface area contributed by atoms with Gasteiger partial charge in [-0.3, -0.25) is 4.79 Å². The van der Waals surface area contributed by atoms with Crippen molar-refractivity contribution >= 4 is 22.3 Å². The van der Waals surface area contributed by atoms with E-state index in [1.807, 2.05) is 0 Å². The Bertz CT molecular complexity index is 468. The van der Waals surface area contributed by atoms with Crippen LogP contribution in [0, 0.1) is 5.92 Å². The van der Waals surface area contributed by atoms with Gasteiger partial charge >= 0.3 is 0 Å². The van der Waals surface area contributed by atoms with Crippen LogP contribution in [-0.4, -0.2) is 23.4 Å². The van der Waals surface area contributed by atoms with Gasteiger partial charge in [0.25, 0.3) is 0 Å². The molecule has 1 saturated heterocycles. The van der Waals surface area contributed by atoms with E-state index in [9.17, 15) is 4.79 Å². The predicted octanol–water partition coefficient (Wildman–Crippen LogP) is 3.29. The Morgan fingerprint density at radius 2 is 2.11 bits per heavy atom. The number of carbonyl (C=O) groups is 1. The fraction of sp³-hybridized carbons (Fsp3) is 0.714. The zero-order chi connectivity index (χ0) is 12.7. The number of fused-ring (bicyclic) bond motifs is 1. The first-order valence-electron chi connectivity index (χ1n) is 6.96. The molecule has 1 fully saturated rings. The van der Waals surface area contributed by atoms with Crippen molar-refractivity contribution in [2.24, 2.45) is 5.92 Å². The Morgan fingerprint density at radius 1 is 1.28 bits per heavy atom. The molecule has 2 atom stereocenters. The van der Waals surface area contributed by atoms with Gasteiger partial charge in [-0.05, 0) is 38.5 Å². The summed E-state index contributed by atoms with van der Waals surface area (Å²) in [6.07, 6.45) is 5.21. The summed E-state index contributed by atoms with van der Waals surface area (Å²) in [6.45, 7) is 5.69. The molecule has 3 rings (SSSR count). The summed E-state index contributed by atoms with van der Waals surface area (Å²) in [7, 11) is 0. The van der Waals surface area contributed by atoms with E-state index in [4.69, 9.17) is 4.98 Å². The van der Waals surface area contributed by atoms with Crippen LogP contribution in [-0.2, 0) is 6.42 Å². The van der Waals surface area contributed by atoms with Gasteiger partial charge in [-0.2, -0.15) is 0 Å². The van der Waals surface area contributed by atoms with Crippen molar-refractivity contribution in [2.45, 2.75) is 52.0 Å². The fourth-order valence-corrected chi connectivity index (χ4v) is 4.18. The van der Waals surface area contributed by atoms with Gasteiger partial charge in [-0.1, -0.05) is 18.3 Å². The second-order valence-electron chi connectivity index (χ2n) is 5.60.